The predicted octanol–water partition coefficient (Wildman–Crippen LogP) is 5.16. The lowest BCUT2D eigenvalue weighted by molar-refractivity contribution is 0.476. The van der Waals surface area contributed by atoms with E-state index < -0.39 is 0 Å². The van der Waals surface area contributed by atoms with E-state index in [1.807, 2.05) is 62.4 Å². The summed E-state index contributed by atoms with van der Waals surface area (Å²) < 4.78 is 5.93. The average Bonchev–Trinajstić information content (AvgIpc) is 2.71. The van der Waals surface area contributed by atoms with Gasteiger partial charge in [0.15, 0.2) is 0 Å². The van der Waals surface area contributed by atoms with Crippen molar-refractivity contribution in [2.24, 2.45) is 0 Å². The lowest BCUT2D eigenvalue weighted by Gasteiger charge is -2.12. The Morgan fingerprint density at radius 1 is 0.964 bits per heavy atom. The molecule has 0 aliphatic heterocycles. The number of benzene rings is 2. The molecule has 0 aliphatic rings. The molecule has 0 amide bonds. The number of aryl methyl sites for hydroxylation is 2. The summed E-state index contributed by atoms with van der Waals surface area (Å²) >= 11 is 0. The van der Waals surface area contributed by atoms with Gasteiger partial charge in [0.25, 0.3) is 0 Å². The summed E-state index contributed by atoms with van der Waals surface area (Å²) in [5.74, 6) is 4.84. The minimum Gasteiger partial charge on any atom is -0.455 e. The first-order chi connectivity index (χ1) is 13.6. The molecule has 136 valence electrons. The zero-order valence-electron chi connectivity index (χ0n) is 15.6. The highest BCUT2D eigenvalue weighted by Gasteiger charge is 2.08. The van der Waals surface area contributed by atoms with Crippen LogP contribution in [0.1, 0.15) is 16.8 Å². The summed E-state index contributed by atoms with van der Waals surface area (Å²) in [6.45, 7) is 3.94. The van der Waals surface area contributed by atoms with Crippen molar-refractivity contribution in [2.45, 2.75) is 13.8 Å². The molecule has 5 nitrogen and oxygen atoms in total. The van der Waals surface area contributed by atoms with Gasteiger partial charge in [-0.3, -0.25) is 4.98 Å². The largest absolute Gasteiger partial charge is 0.455 e. The highest BCUT2D eigenvalue weighted by Crippen LogP contribution is 2.29. The Balaban J connectivity index is 1.61. The van der Waals surface area contributed by atoms with E-state index in [4.69, 9.17) is 11.2 Å². The third-order valence-electron chi connectivity index (χ3n) is 4.35. The summed E-state index contributed by atoms with van der Waals surface area (Å²) in [5, 5.41) is 4.23. The minimum absolute atomic E-state index is 0.706. The maximum absolute atomic E-state index is 5.93. The van der Waals surface area contributed by atoms with Gasteiger partial charge in [-0.25, -0.2) is 9.97 Å². The first-order valence-corrected chi connectivity index (χ1v) is 8.82. The number of rotatable bonds is 4. The van der Waals surface area contributed by atoms with Gasteiger partial charge in [-0.05, 0) is 67.9 Å². The second-order valence-electron chi connectivity index (χ2n) is 6.44. The van der Waals surface area contributed by atoms with E-state index in [0.717, 1.165) is 39.2 Å². The van der Waals surface area contributed by atoms with Crippen LogP contribution < -0.4 is 10.1 Å². The number of ether oxygens (including phenoxy) is 1. The molecule has 0 bridgehead atoms. The van der Waals surface area contributed by atoms with Crippen LogP contribution in [0.5, 0.6) is 11.5 Å². The number of pyridine rings is 1. The molecule has 4 rings (SSSR count). The summed E-state index contributed by atoms with van der Waals surface area (Å²) in [4.78, 5) is 12.9. The van der Waals surface area contributed by atoms with Crippen molar-refractivity contribution in [3.63, 3.8) is 0 Å². The van der Waals surface area contributed by atoms with Gasteiger partial charge in [-0.1, -0.05) is 5.92 Å². The van der Waals surface area contributed by atoms with E-state index in [9.17, 15) is 0 Å². The standard InChI is InChI=1S/C23H18N4O/c1-4-17-6-9-21-20(12-17)23(26-14-25-21)27-18-7-10-22(15(2)11-18)28-19-8-5-16(3)24-13-19/h1,5-14H,2-3H3,(H,25,26,27). The first-order valence-electron chi connectivity index (χ1n) is 8.82. The summed E-state index contributed by atoms with van der Waals surface area (Å²) in [6.07, 6.45) is 8.78. The molecular weight excluding hydrogens is 348 g/mol. The molecule has 0 atom stereocenters. The molecule has 28 heavy (non-hydrogen) atoms. The Morgan fingerprint density at radius 2 is 1.86 bits per heavy atom. The third kappa shape index (κ3) is 3.62. The topological polar surface area (TPSA) is 59.9 Å². The van der Waals surface area contributed by atoms with Crippen LogP contribution in [0.25, 0.3) is 10.9 Å². The van der Waals surface area contributed by atoms with Crippen LogP contribution in [-0.2, 0) is 0 Å². The van der Waals surface area contributed by atoms with E-state index in [2.05, 4.69) is 26.2 Å². The van der Waals surface area contributed by atoms with Crippen molar-refractivity contribution >= 4 is 22.4 Å². The molecule has 0 radical (unpaired) electrons. The monoisotopic (exact) mass is 366 g/mol. The van der Waals surface area contributed by atoms with Gasteiger partial charge < -0.3 is 10.1 Å². The lowest BCUT2D eigenvalue weighted by Crippen LogP contribution is -1.97. The predicted molar refractivity (Wildman–Crippen MR) is 111 cm³/mol. The normalized spacial score (nSPS) is 10.5. The average molecular weight is 366 g/mol. The van der Waals surface area contributed by atoms with Gasteiger partial charge in [0, 0.05) is 22.3 Å². The maximum Gasteiger partial charge on any atom is 0.145 e. The smallest absolute Gasteiger partial charge is 0.145 e. The van der Waals surface area contributed by atoms with Gasteiger partial charge in [0.05, 0.1) is 11.7 Å². The summed E-state index contributed by atoms with van der Waals surface area (Å²) in [7, 11) is 0. The number of nitrogens with one attached hydrogen (secondary N) is 1. The SMILES string of the molecule is C#Cc1ccc2ncnc(Nc3ccc(Oc4ccc(C)nc4)c(C)c3)c2c1. The van der Waals surface area contributed by atoms with E-state index in [1.54, 1.807) is 6.20 Å². The molecule has 1 N–H and O–H groups in total. The number of anilines is 2. The van der Waals surface area contributed by atoms with E-state index in [1.165, 1.54) is 6.33 Å². The third-order valence-corrected chi connectivity index (χ3v) is 4.35. The van der Waals surface area contributed by atoms with E-state index >= 15 is 0 Å². The number of terminal acetylenes is 1. The Kier molecular flexibility index (Phi) is 4.61. The lowest BCUT2D eigenvalue weighted by atomic mass is 10.1. The Hall–Kier alpha value is -3.91. The van der Waals surface area contributed by atoms with Gasteiger partial charge in [-0.15, -0.1) is 6.42 Å². The second-order valence-corrected chi connectivity index (χ2v) is 6.44. The van der Waals surface area contributed by atoms with E-state index in [0.29, 0.717) is 11.6 Å². The van der Waals surface area contributed by atoms with Gasteiger partial charge in [-0.2, -0.15) is 0 Å². The van der Waals surface area contributed by atoms with Crippen molar-refractivity contribution < 1.29 is 4.74 Å². The second kappa shape index (κ2) is 7.37. The van der Waals surface area contributed by atoms with Crippen LogP contribution in [-0.4, -0.2) is 15.0 Å². The van der Waals surface area contributed by atoms with Crippen LogP contribution in [0, 0.1) is 26.2 Å². The fourth-order valence-electron chi connectivity index (χ4n) is 2.87. The zero-order chi connectivity index (χ0) is 19.5. The Labute approximate surface area is 163 Å². The first kappa shape index (κ1) is 17.5. The molecule has 2 aromatic heterocycles. The van der Waals surface area contributed by atoms with Crippen molar-refractivity contribution in [3.05, 3.63) is 77.9 Å². The van der Waals surface area contributed by atoms with Crippen LogP contribution >= 0.6 is 0 Å². The van der Waals surface area contributed by atoms with Crippen LogP contribution in [0.3, 0.4) is 0 Å². The molecule has 0 unspecified atom stereocenters. The Morgan fingerprint density at radius 3 is 2.61 bits per heavy atom. The molecule has 0 saturated heterocycles. The maximum atomic E-state index is 5.93. The van der Waals surface area contributed by atoms with Crippen LogP contribution in [0.15, 0.2) is 61.1 Å². The number of aromatic nitrogens is 3. The molecule has 0 fully saturated rings. The molecule has 2 aromatic carbocycles. The molecule has 0 spiro atoms. The molecule has 0 saturated carbocycles. The van der Waals surface area contributed by atoms with Crippen molar-refractivity contribution in [1.29, 1.82) is 0 Å². The quantitative estimate of drug-likeness (QED) is 0.506. The molecule has 5 heteroatoms. The van der Waals surface area contributed by atoms with Gasteiger partial charge in [0.1, 0.15) is 23.6 Å². The van der Waals surface area contributed by atoms with Crippen molar-refractivity contribution in [1.82, 2.24) is 15.0 Å². The van der Waals surface area contributed by atoms with E-state index in [-0.39, 0.29) is 0 Å². The van der Waals surface area contributed by atoms with Crippen molar-refractivity contribution in [3.8, 4) is 23.8 Å². The fourth-order valence-corrected chi connectivity index (χ4v) is 2.87. The number of hydrogen-bond acceptors (Lipinski definition) is 5. The zero-order valence-corrected chi connectivity index (χ0v) is 15.6. The van der Waals surface area contributed by atoms with Gasteiger partial charge >= 0.3 is 0 Å². The highest BCUT2D eigenvalue weighted by molar-refractivity contribution is 5.91. The molecule has 0 aliphatic carbocycles. The molecule has 2 heterocycles. The minimum atomic E-state index is 0.706. The van der Waals surface area contributed by atoms with Crippen LogP contribution in [0.4, 0.5) is 11.5 Å². The fraction of sp³-hybridized carbons (Fsp3) is 0.0870. The number of fused-ring (bicyclic) bond motifs is 1. The summed E-state index contributed by atoms with van der Waals surface area (Å²) in [5.41, 5.74) is 4.47. The summed E-state index contributed by atoms with van der Waals surface area (Å²) in [6, 6.07) is 15.4. The van der Waals surface area contributed by atoms with Gasteiger partial charge in [0.2, 0.25) is 0 Å². The molecular formula is C23H18N4O. The number of hydrogen-bond donors (Lipinski definition) is 1. The molecule has 4 aromatic rings. The van der Waals surface area contributed by atoms with Crippen LogP contribution in [0.2, 0.25) is 0 Å². The number of nitrogens with zero attached hydrogens (tertiary/aromatic N) is 3. The van der Waals surface area contributed by atoms with Crippen molar-refractivity contribution in [2.75, 3.05) is 5.32 Å². The highest BCUT2D eigenvalue weighted by atomic mass is 16.5. The Bertz CT molecular complexity index is 1190.